The predicted molar refractivity (Wildman–Crippen MR) is 72.1 cm³/mol. The molecule has 1 aliphatic rings. The fourth-order valence-electron chi connectivity index (χ4n) is 2.15. The van der Waals surface area contributed by atoms with Gasteiger partial charge in [-0.05, 0) is 13.3 Å². The molecule has 5 atom stereocenters. The molecule has 0 radical (unpaired) electrons. The minimum Gasteiger partial charge on any atom is -0.388 e. The molecule has 0 aromatic carbocycles. The number of unbranched alkanes of at least 4 members (excludes halogenated alkanes) is 3. The molecular weight excluding hydrogens is 264 g/mol. The van der Waals surface area contributed by atoms with Crippen LogP contribution in [0.1, 0.15) is 46.0 Å². The van der Waals surface area contributed by atoms with Crippen LogP contribution in [0.2, 0.25) is 0 Å². The summed E-state index contributed by atoms with van der Waals surface area (Å²) >= 11 is 0. The topological polar surface area (TPSA) is 96.2 Å². The number of aliphatic hydroxyl groups excluding tert-OH is 3. The highest BCUT2D eigenvalue weighted by Gasteiger charge is 2.42. The Hall–Kier alpha value is -0.530. The molecule has 0 aromatic rings. The predicted octanol–water partition coefficient (Wildman–Crippen LogP) is 0.370. The number of hydrogen-bond donors (Lipinski definition) is 3. The molecule has 0 amide bonds. The van der Waals surface area contributed by atoms with Crippen molar-refractivity contribution >= 4 is 5.78 Å². The lowest BCUT2D eigenvalue weighted by Crippen LogP contribution is -2.57. The van der Waals surface area contributed by atoms with E-state index in [1.54, 1.807) is 6.92 Å². The van der Waals surface area contributed by atoms with Gasteiger partial charge in [0.15, 0.2) is 12.1 Å². The Morgan fingerprint density at radius 1 is 1.10 bits per heavy atom. The molecule has 1 heterocycles. The molecule has 0 aliphatic carbocycles. The molecule has 1 aliphatic heterocycles. The molecular formula is C14H26O6. The second kappa shape index (κ2) is 8.69. The highest BCUT2D eigenvalue weighted by Crippen LogP contribution is 2.21. The van der Waals surface area contributed by atoms with E-state index in [-0.39, 0.29) is 12.4 Å². The SMILES string of the molecule is CCCCCCC(=O)CO[C@H]1O[C@@H](C)[C@@H](O)[C@@H](O)[C@@H]1O. The molecule has 0 spiro atoms. The minimum atomic E-state index is -1.35. The second-order valence-corrected chi connectivity index (χ2v) is 5.34. The van der Waals surface area contributed by atoms with Gasteiger partial charge in [-0.2, -0.15) is 0 Å². The third-order valence-corrected chi connectivity index (χ3v) is 3.53. The zero-order chi connectivity index (χ0) is 15.1. The molecule has 1 rings (SSSR count). The van der Waals surface area contributed by atoms with Gasteiger partial charge in [0.2, 0.25) is 0 Å². The van der Waals surface area contributed by atoms with Crippen molar-refractivity contribution in [3.05, 3.63) is 0 Å². The van der Waals surface area contributed by atoms with Crippen molar-refractivity contribution in [1.82, 2.24) is 0 Å². The number of aliphatic hydroxyl groups is 3. The number of carbonyl (C=O) groups is 1. The maximum atomic E-state index is 11.6. The third-order valence-electron chi connectivity index (χ3n) is 3.53. The molecule has 0 aromatic heterocycles. The number of ketones is 1. The summed E-state index contributed by atoms with van der Waals surface area (Å²) < 4.78 is 10.5. The molecule has 6 nitrogen and oxygen atoms in total. The van der Waals surface area contributed by atoms with Crippen LogP contribution in [0.3, 0.4) is 0 Å². The quantitative estimate of drug-likeness (QED) is 0.559. The van der Waals surface area contributed by atoms with Gasteiger partial charge in [-0.3, -0.25) is 4.79 Å². The lowest BCUT2D eigenvalue weighted by atomic mass is 10.00. The van der Waals surface area contributed by atoms with Gasteiger partial charge in [0, 0.05) is 6.42 Å². The van der Waals surface area contributed by atoms with Crippen LogP contribution in [-0.4, -0.2) is 58.4 Å². The van der Waals surface area contributed by atoms with Crippen molar-refractivity contribution in [2.75, 3.05) is 6.61 Å². The van der Waals surface area contributed by atoms with Gasteiger partial charge in [0.25, 0.3) is 0 Å². The van der Waals surface area contributed by atoms with Gasteiger partial charge in [0.1, 0.15) is 24.9 Å². The summed E-state index contributed by atoms with van der Waals surface area (Å²) in [6.45, 7) is 3.53. The Bertz CT molecular complexity index is 295. The Labute approximate surface area is 119 Å². The summed E-state index contributed by atoms with van der Waals surface area (Å²) in [5.41, 5.74) is 0. The van der Waals surface area contributed by atoms with E-state index in [2.05, 4.69) is 6.92 Å². The van der Waals surface area contributed by atoms with Crippen LogP contribution in [0.15, 0.2) is 0 Å². The van der Waals surface area contributed by atoms with Crippen molar-refractivity contribution in [3.63, 3.8) is 0 Å². The van der Waals surface area contributed by atoms with Gasteiger partial charge in [-0.25, -0.2) is 0 Å². The zero-order valence-corrected chi connectivity index (χ0v) is 12.2. The van der Waals surface area contributed by atoms with Gasteiger partial charge in [0.05, 0.1) is 6.10 Å². The summed E-state index contributed by atoms with van der Waals surface area (Å²) in [6.07, 6.45) is -1.04. The van der Waals surface area contributed by atoms with Crippen LogP contribution >= 0.6 is 0 Å². The van der Waals surface area contributed by atoms with Gasteiger partial charge in [-0.15, -0.1) is 0 Å². The van der Waals surface area contributed by atoms with E-state index in [1.165, 1.54) is 0 Å². The lowest BCUT2D eigenvalue weighted by molar-refractivity contribution is -0.291. The van der Waals surface area contributed by atoms with E-state index in [9.17, 15) is 20.1 Å². The molecule has 0 bridgehead atoms. The maximum Gasteiger partial charge on any atom is 0.187 e. The average molecular weight is 290 g/mol. The average Bonchev–Trinajstić information content (AvgIpc) is 2.43. The van der Waals surface area contributed by atoms with E-state index in [0.29, 0.717) is 6.42 Å². The van der Waals surface area contributed by atoms with Crippen LogP contribution in [0.4, 0.5) is 0 Å². The van der Waals surface area contributed by atoms with E-state index in [4.69, 9.17) is 9.47 Å². The monoisotopic (exact) mass is 290 g/mol. The van der Waals surface area contributed by atoms with E-state index < -0.39 is 30.7 Å². The smallest absolute Gasteiger partial charge is 0.187 e. The van der Waals surface area contributed by atoms with Crippen molar-refractivity contribution < 1.29 is 29.6 Å². The zero-order valence-electron chi connectivity index (χ0n) is 12.2. The normalized spacial score (nSPS) is 34.1. The van der Waals surface area contributed by atoms with Gasteiger partial charge < -0.3 is 24.8 Å². The number of rotatable bonds is 8. The Kier molecular flexibility index (Phi) is 7.61. The Morgan fingerprint density at radius 3 is 2.45 bits per heavy atom. The van der Waals surface area contributed by atoms with Crippen LogP contribution < -0.4 is 0 Å². The van der Waals surface area contributed by atoms with Crippen molar-refractivity contribution in [3.8, 4) is 0 Å². The molecule has 1 fully saturated rings. The fourth-order valence-corrected chi connectivity index (χ4v) is 2.15. The lowest BCUT2D eigenvalue weighted by Gasteiger charge is -2.38. The highest BCUT2D eigenvalue weighted by molar-refractivity contribution is 5.79. The standard InChI is InChI=1S/C14H26O6/c1-3-4-5-6-7-10(15)8-19-14-13(18)12(17)11(16)9(2)20-14/h9,11-14,16-18H,3-8H2,1-2H3/t9-,11+,12+,13-,14-/m0/s1. The molecule has 0 unspecified atom stereocenters. The van der Waals surface area contributed by atoms with Crippen LogP contribution in [0, 0.1) is 0 Å². The summed E-state index contributed by atoms with van der Waals surface area (Å²) in [4.78, 5) is 11.6. The van der Waals surface area contributed by atoms with Crippen molar-refractivity contribution in [2.45, 2.75) is 76.7 Å². The van der Waals surface area contributed by atoms with E-state index in [0.717, 1.165) is 25.7 Å². The first-order valence-electron chi connectivity index (χ1n) is 7.30. The maximum absolute atomic E-state index is 11.6. The molecule has 118 valence electrons. The van der Waals surface area contributed by atoms with Crippen molar-refractivity contribution in [1.29, 1.82) is 0 Å². The van der Waals surface area contributed by atoms with Crippen molar-refractivity contribution in [2.24, 2.45) is 0 Å². The van der Waals surface area contributed by atoms with Gasteiger partial charge >= 0.3 is 0 Å². The number of carbonyl (C=O) groups excluding carboxylic acids is 1. The highest BCUT2D eigenvalue weighted by atomic mass is 16.7. The molecule has 0 saturated carbocycles. The molecule has 3 N–H and O–H groups in total. The summed E-state index contributed by atoms with van der Waals surface area (Å²) in [7, 11) is 0. The third kappa shape index (κ3) is 5.10. The van der Waals surface area contributed by atoms with Gasteiger partial charge in [-0.1, -0.05) is 26.2 Å². The first-order chi connectivity index (χ1) is 9.47. The number of Topliss-reactive ketones (excluding diaryl/α,β-unsaturated/α-hetero) is 1. The van der Waals surface area contributed by atoms with E-state index in [1.807, 2.05) is 0 Å². The molecule has 1 saturated heterocycles. The largest absolute Gasteiger partial charge is 0.388 e. The van der Waals surface area contributed by atoms with Crippen LogP contribution in [0.25, 0.3) is 0 Å². The summed E-state index contributed by atoms with van der Waals surface area (Å²) in [5, 5.41) is 28.8. The van der Waals surface area contributed by atoms with Crippen LogP contribution in [0.5, 0.6) is 0 Å². The Morgan fingerprint density at radius 2 is 1.80 bits per heavy atom. The first kappa shape index (κ1) is 17.5. The van der Waals surface area contributed by atoms with Crippen LogP contribution in [-0.2, 0) is 14.3 Å². The molecule has 20 heavy (non-hydrogen) atoms. The minimum absolute atomic E-state index is 0.0508. The fraction of sp³-hybridized carbons (Fsp3) is 0.929. The summed E-state index contributed by atoms with van der Waals surface area (Å²) in [6, 6.07) is 0. The number of hydrogen-bond acceptors (Lipinski definition) is 6. The van der Waals surface area contributed by atoms with E-state index >= 15 is 0 Å². The summed E-state index contributed by atoms with van der Waals surface area (Å²) in [5.74, 6) is -0.0508. The number of ether oxygens (including phenoxy) is 2. The first-order valence-corrected chi connectivity index (χ1v) is 7.30. The molecule has 6 heteroatoms. The Balaban J connectivity index is 2.28. The second-order valence-electron chi connectivity index (χ2n) is 5.34.